The van der Waals surface area contributed by atoms with Gasteiger partial charge in [-0.25, -0.2) is 4.79 Å². The number of benzene rings is 1. The molecule has 0 spiro atoms. The lowest BCUT2D eigenvalue weighted by Crippen LogP contribution is -2.39. The van der Waals surface area contributed by atoms with Crippen LogP contribution in [0.3, 0.4) is 0 Å². The van der Waals surface area contributed by atoms with Crippen molar-refractivity contribution in [2.75, 3.05) is 11.4 Å². The molecule has 0 saturated carbocycles. The molecule has 1 aliphatic heterocycles. The number of fused-ring (bicyclic) bond motifs is 1. The average molecular weight is 413 g/mol. The number of thiophene rings is 1. The maximum atomic E-state index is 12.7. The fourth-order valence-corrected chi connectivity index (χ4v) is 3.88. The molecule has 0 bridgehead atoms. The molecule has 1 unspecified atom stereocenters. The van der Waals surface area contributed by atoms with E-state index in [0.29, 0.717) is 6.54 Å². The minimum atomic E-state index is -0.913. The molecule has 0 N–H and O–H groups in total. The van der Waals surface area contributed by atoms with E-state index in [1.54, 1.807) is 17.9 Å². The molecule has 8 nitrogen and oxygen atoms in total. The molecule has 9 heteroatoms. The Bertz CT molecular complexity index is 1090. The monoisotopic (exact) mass is 413 g/mol. The van der Waals surface area contributed by atoms with Gasteiger partial charge in [0.25, 0.3) is 11.8 Å². The highest BCUT2D eigenvalue weighted by Crippen LogP contribution is 2.28. The van der Waals surface area contributed by atoms with Gasteiger partial charge in [-0.15, -0.1) is 16.4 Å². The topological polar surface area (TPSA) is 94.6 Å². The van der Waals surface area contributed by atoms with Gasteiger partial charge in [0.15, 0.2) is 6.10 Å². The summed E-state index contributed by atoms with van der Waals surface area (Å²) < 4.78 is 11.5. The lowest BCUT2D eigenvalue weighted by Gasteiger charge is -2.21. The van der Waals surface area contributed by atoms with Gasteiger partial charge in [0.05, 0.1) is 17.8 Å². The number of aryl methyl sites for hydroxylation is 1. The van der Waals surface area contributed by atoms with Gasteiger partial charge in [0.1, 0.15) is 0 Å². The van der Waals surface area contributed by atoms with Crippen molar-refractivity contribution in [3.63, 3.8) is 0 Å². The van der Waals surface area contributed by atoms with Crippen LogP contribution in [0, 0.1) is 0 Å². The number of rotatable bonds is 6. The molecule has 4 rings (SSSR count). The van der Waals surface area contributed by atoms with Crippen molar-refractivity contribution in [1.82, 2.24) is 9.78 Å². The zero-order valence-electron chi connectivity index (χ0n) is 15.7. The molecular weight excluding hydrogens is 394 g/mol. The van der Waals surface area contributed by atoms with Crippen LogP contribution in [0.5, 0.6) is 0 Å². The first-order valence-electron chi connectivity index (χ1n) is 9.23. The zero-order valence-corrected chi connectivity index (χ0v) is 16.6. The van der Waals surface area contributed by atoms with Crippen LogP contribution in [0.1, 0.15) is 18.9 Å². The molecule has 1 atom stereocenters. The summed E-state index contributed by atoms with van der Waals surface area (Å²) in [5.41, 5.74) is 1.96. The second kappa shape index (κ2) is 8.04. The Kier molecular flexibility index (Phi) is 5.30. The highest BCUT2D eigenvalue weighted by atomic mass is 32.1. The van der Waals surface area contributed by atoms with Gasteiger partial charge in [-0.1, -0.05) is 24.3 Å². The quantitative estimate of drug-likeness (QED) is 0.576. The number of para-hydroxylation sites is 1. The van der Waals surface area contributed by atoms with E-state index in [-0.39, 0.29) is 24.8 Å². The lowest BCUT2D eigenvalue weighted by atomic mass is 10.2. The number of hydrogen-bond acceptors (Lipinski definition) is 7. The van der Waals surface area contributed by atoms with E-state index >= 15 is 0 Å². The van der Waals surface area contributed by atoms with Gasteiger partial charge in [-0.2, -0.15) is 4.68 Å². The van der Waals surface area contributed by atoms with Crippen LogP contribution in [-0.2, 0) is 27.3 Å². The van der Waals surface area contributed by atoms with Crippen LogP contribution in [0.4, 0.5) is 5.69 Å². The van der Waals surface area contributed by atoms with Gasteiger partial charge < -0.3 is 14.1 Å². The van der Waals surface area contributed by atoms with Crippen LogP contribution in [0.25, 0.3) is 10.8 Å². The van der Waals surface area contributed by atoms with Crippen LogP contribution < -0.4 is 10.7 Å². The first-order chi connectivity index (χ1) is 14.0. The molecule has 1 aromatic carbocycles. The summed E-state index contributed by atoms with van der Waals surface area (Å²) in [7, 11) is 0. The summed E-state index contributed by atoms with van der Waals surface area (Å²) in [5.74, 6) is -1.26. The number of esters is 1. The molecule has 1 aliphatic rings. The van der Waals surface area contributed by atoms with Gasteiger partial charge >= 0.3 is 11.7 Å². The predicted molar refractivity (Wildman–Crippen MR) is 107 cm³/mol. The molecule has 1 amide bonds. The number of nitrogens with zero attached hydrogens (tertiary/aromatic N) is 3. The summed E-state index contributed by atoms with van der Waals surface area (Å²) in [4.78, 5) is 39.1. The maximum Gasteiger partial charge on any atom is 0.437 e. The molecule has 0 fully saturated rings. The minimum absolute atomic E-state index is 0.0139. The Balaban J connectivity index is 1.33. The molecule has 0 aliphatic carbocycles. The number of carbonyl (C=O) groups is 2. The molecular formula is C20H19N3O5S. The smallest absolute Gasteiger partial charge is 0.437 e. The van der Waals surface area contributed by atoms with Crippen molar-refractivity contribution in [2.24, 2.45) is 0 Å². The summed E-state index contributed by atoms with van der Waals surface area (Å²) in [6.45, 7) is 2.14. The third-order valence-corrected chi connectivity index (χ3v) is 5.53. The summed E-state index contributed by atoms with van der Waals surface area (Å²) in [6.07, 6.45) is -0.223. The van der Waals surface area contributed by atoms with Crippen molar-refractivity contribution < 1.29 is 18.7 Å². The van der Waals surface area contributed by atoms with E-state index in [9.17, 15) is 14.4 Å². The summed E-state index contributed by atoms with van der Waals surface area (Å²) >= 11 is 1.40. The highest BCUT2D eigenvalue weighted by molar-refractivity contribution is 7.13. The Morgan fingerprint density at radius 1 is 1.28 bits per heavy atom. The second-order valence-corrected chi connectivity index (χ2v) is 7.57. The van der Waals surface area contributed by atoms with Crippen molar-refractivity contribution in [3.05, 3.63) is 57.9 Å². The molecule has 29 heavy (non-hydrogen) atoms. The SMILES string of the molecule is CC(OC(=O)CCn1nc(-c2cccs2)oc1=O)C(=O)N1CCc2ccccc21. The van der Waals surface area contributed by atoms with Crippen LogP contribution in [0.2, 0.25) is 0 Å². The zero-order chi connectivity index (χ0) is 20.4. The van der Waals surface area contributed by atoms with Crippen molar-refractivity contribution >= 4 is 28.9 Å². The number of amides is 1. The fourth-order valence-electron chi connectivity index (χ4n) is 3.24. The van der Waals surface area contributed by atoms with Crippen LogP contribution >= 0.6 is 11.3 Å². The first-order valence-corrected chi connectivity index (χ1v) is 10.1. The molecule has 0 radical (unpaired) electrons. The third-order valence-electron chi connectivity index (χ3n) is 4.68. The minimum Gasteiger partial charge on any atom is -0.452 e. The van der Waals surface area contributed by atoms with E-state index < -0.39 is 17.8 Å². The van der Waals surface area contributed by atoms with Crippen LogP contribution in [0.15, 0.2) is 51.0 Å². The van der Waals surface area contributed by atoms with E-state index in [1.165, 1.54) is 11.3 Å². The molecule has 0 saturated heterocycles. The van der Waals surface area contributed by atoms with Gasteiger partial charge in [0, 0.05) is 12.2 Å². The number of hydrogen-bond donors (Lipinski definition) is 0. The van der Waals surface area contributed by atoms with E-state index in [4.69, 9.17) is 9.15 Å². The largest absolute Gasteiger partial charge is 0.452 e. The van der Waals surface area contributed by atoms with E-state index in [1.807, 2.05) is 35.7 Å². The molecule has 3 aromatic rings. The second-order valence-electron chi connectivity index (χ2n) is 6.62. The van der Waals surface area contributed by atoms with Gasteiger partial charge in [0.2, 0.25) is 0 Å². The first kappa shape index (κ1) is 19.1. The standard InChI is InChI=1S/C20H19N3O5S/c1-13(19(25)22-10-8-14-5-2-3-6-15(14)22)27-17(24)9-11-23-20(26)28-18(21-23)16-7-4-12-29-16/h2-7,12-13H,8-11H2,1H3. The fraction of sp³-hybridized carbons (Fsp3) is 0.300. The molecule has 2 aromatic heterocycles. The predicted octanol–water partition coefficient (Wildman–Crippen LogP) is 2.48. The van der Waals surface area contributed by atoms with E-state index in [0.717, 1.165) is 27.2 Å². The van der Waals surface area contributed by atoms with Gasteiger partial charge in [-0.3, -0.25) is 9.59 Å². The van der Waals surface area contributed by atoms with Gasteiger partial charge in [-0.05, 0) is 36.4 Å². The Labute approximate surface area is 170 Å². The number of anilines is 1. The summed E-state index contributed by atoms with van der Waals surface area (Å²) in [5, 5.41) is 5.94. The van der Waals surface area contributed by atoms with Crippen molar-refractivity contribution in [3.8, 4) is 10.8 Å². The third kappa shape index (κ3) is 4.00. The van der Waals surface area contributed by atoms with Crippen LogP contribution in [-0.4, -0.2) is 34.3 Å². The normalized spacial score (nSPS) is 13.9. The van der Waals surface area contributed by atoms with Crippen molar-refractivity contribution in [1.29, 1.82) is 0 Å². The summed E-state index contributed by atoms with van der Waals surface area (Å²) in [6, 6.07) is 11.3. The Hall–Kier alpha value is -3.20. The average Bonchev–Trinajstić information content (AvgIpc) is 3.45. The maximum absolute atomic E-state index is 12.7. The highest BCUT2D eigenvalue weighted by Gasteiger charge is 2.29. The lowest BCUT2D eigenvalue weighted by molar-refractivity contribution is -0.154. The number of ether oxygens (including phenoxy) is 1. The van der Waals surface area contributed by atoms with Crippen molar-refractivity contribution in [2.45, 2.75) is 32.4 Å². The Morgan fingerprint density at radius 3 is 2.90 bits per heavy atom. The molecule has 150 valence electrons. The Morgan fingerprint density at radius 2 is 2.10 bits per heavy atom. The molecule has 3 heterocycles. The van der Waals surface area contributed by atoms with E-state index in [2.05, 4.69) is 5.10 Å². The number of carbonyl (C=O) groups excluding carboxylic acids is 2. The number of aromatic nitrogens is 2.